The first-order valence-corrected chi connectivity index (χ1v) is 8.06. The van der Waals surface area contributed by atoms with Crippen molar-refractivity contribution in [1.29, 1.82) is 0 Å². The lowest BCUT2D eigenvalue weighted by molar-refractivity contribution is 0.0946. The number of nitrogens with zero attached hydrogens (tertiary/aromatic N) is 2. The van der Waals surface area contributed by atoms with Gasteiger partial charge in [-0.25, -0.2) is 4.98 Å². The maximum absolute atomic E-state index is 12.4. The Morgan fingerprint density at radius 3 is 2.52 bits per heavy atom. The van der Waals surface area contributed by atoms with E-state index in [0.717, 1.165) is 27.9 Å². The SMILES string of the molecule is COc1ccc2nc(C(=O)NCc3ccc(N(C)C)cc3)ccc2c1. The van der Waals surface area contributed by atoms with Gasteiger partial charge in [-0.05, 0) is 42.0 Å². The first kappa shape index (κ1) is 16.8. The van der Waals surface area contributed by atoms with Gasteiger partial charge in [-0.1, -0.05) is 18.2 Å². The van der Waals surface area contributed by atoms with Crippen molar-refractivity contribution in [3.8, 4) is 5.75 Å². The molecule has 3 rings (SSSR count). The van der Waals surface area contributed by atoms with E-state index in [1.807, 2.05) is 67.5 Å². The van der Waals surface area contributed by atoms with Crippen molar-refractivity contribution in [1.82, 2.24) is 10.3 Å². The van der Waals surface area contributed by atoms with Crippen molar-refractivity contribution in [2.75, 3.05) is 26.1 Å². The molecule has 5 nitrogen and oxygen atoms in total. The minimum Gasteiger partial charge on any atom is -0.497 e. The van der Waals surface area contributed by atoms with Gasteiger partial charge in [0.15, 0.2) is 0 Å². The summed E-state index contributed by atoms with van der Waals surface area (Å²) in [5.74, 6) is 0.585. The van der Waals surface area contributed by atoms with Gasteiger partial charge in [-0.15, -0.1) is 0 Å². The average molecular weight is 335 g/mol. The Bertz CT molecular complexity index is 889. The molecule has 0 saturated carbocycles. The third-order valence-corrected chi connectivity index (χ3v) is 4.03. The van der Waals surface area contributed by atoms with E-state index in [2.05, 4.69) is 10.3 Å². The maximum Gasteiger partial charge on any atom is 0.270 e. The smallest absolute Gasteiger partial charge is 0.270 e. The lowest BCUT2D eigenvalue weighted by atomic mass is 10.1. The molecule has 0 unspecified atom stereocenters. The number of aromatic nitrogens is 1. The van der Waals surface area contributed by atoms with Gasteiger partial charge in [0.1, 0.15) is 11.4 Å². The zero-order valence-electron chi connectivity index (χ0n) is 14.6. The standard InChI is InChI=1S/C20H21N3O2/c1-23(2)16-7-4-14(5-8-16)13-21-20(24)19-10-6-15-12-17(25-3)9-11-18(15)22-19/h4-12H,13H2,1-3H3,(H,21,24). The molecule has 0 saturated heterocycles. The molecule has 1 heterocycles. The summed E-state index contributed by atoms with van der Waals surface area (Å²) < 4.78 is 5.20. The Labute approximate surface area is 147 Å². The minimum atomic E-state index is -0.186. The number of pyridine rings is 1. The molecule has 5 heteroatoms. The van der Waals surface area contributed by atoms with Gasteiger partial charge < -0.3 is 15.0 Å². The largest absolute Gasteiger partial charge is 0.497 e. The zero-order chi connectivity index (χ0) is 17.8. The molecule has 1 amide bonds. The highest BCUT2D eigenvalue weighted by molar-refractivity contribution is 5.95. The van der Waals surface area contributed by atoms with Gasteiger partial charge in [-0.3, -0.25) is 4.79 Å². The lowest BCUT2D eigenvalue weighted by Crippen LogP contribution is -2.23. The Hall–Kier alpha value is -3.08. The van der Waals surface area contributed by atoms with Gasteiger partial charge in [0.05, 0.1) is 12.6 Å². The van der Waals surface area contributed by atoms with Gasteiger partial charge in [0.25, 0.3) is 5.91 Å². The number of hydrogen-bond acceptors (Lipinski definition) is 4. The molecule has 0 bridgehead atoms. The molecule has 0 aliphatic heterocycles. The number of nitrogens with one attached hydrogen (secondary N) is 1. The number of fused-ring (bicyclic) bond motifs is 1. The van der Waals surface area contributed by atoms with Crippen molar-refractivity contribution in [2.45, 2.75) is 6.54 Å². The third kappa shape index (κ3) is 3.88. The van der Waals surface area contributed by atoms with Gasteiger partial charge in [0.2, 0.25) is 0 Å². The van der Waals surface area contributed by atoms with Gasteiger partial charge >= 0.3 is 0 Å². The molecule has 0 aliphatic rings. The van der Waals surface area contributed by atoms with Crippen LogP contribution < -0.4 is 15.0 Å². The van der Waals surface area contributed by atoms with Crippen molar-refractivity contribution in [3.63, 3.8) is 0 Å². The second kappa shape index (κ2) is 7.21. The van der Waals surface area contributed by atoms with E-state index in [1.54, 1.807) is 13.2 Å². The maximum atomic E-state index is 12.4. The summed E-state index contributed by atoms with van der Waals surface area (Å²) in [5, 5.41) is 3.85. The first-order valence-electron chi connectivity index (χ1n) is 8.06. The number of anilines is 1. The summed E-state index contributed by atoms with van der Waals surface area (Å²) in [7, 11) is 5.62. The van der Waals surface area contributed by atoms with Crippen LogP contribution in [0, 0.1) is 0 Å². The van der Waals surface area contributed by atoms with Crippen LogP contribution in [0.5, 0.6) is 5.75 Å². The molecular weight excluding hydrogens is 314 g/mol. The Morgan fingerprint density at radius 1 is 1.08 bits per heavy atom. The molecule has 0 atom stereocenters. The summed E-state index contributed by atoms with van der Waals surface area (Å²) in [6, 6.07) is 17.3. The summed E-state index contributed by atoms with van der Waals surface area (Å²) >= 11 is 0. The van der Waals surface area contributed by atoms with E-state index in [4.69, 9.17) is 4.74 Å². The highest BCUT2D eigenvalue weighted by Gasteiger charge is 2.08. The van der Waals surface area contributed by atoms with Crippen molar-refractivity contribution in [2.24, 2.45) is 0 Å². The topological polar surface area (TPSA) is 54.5 Å². The molecule has 1 aromatic heterocycles. The van der Waals surface area contributed by atoms with Crippen LogP contribution in [-0.4, -0.2) is 32.1 Å². The number of carbonyl (C=O) groups excluding carboxylic acids is 1. The van der Waals surface area contributed by atoms with E-state index in [1.165, 1.54) is 0 Å². The quantitative estimate of drug-likeness (QED) is 0.778. The molecule has 0 fully saturated rings. The van der Waals surface area contributed by atoms with Crippen LogP contribution in [-0.2, 0) is 6.54 Å². The number of carbonyl (C=O) groups is 1. The average Bonchev–Trinajstić information content (AvgIpc) is 2.65. The van der Waals surface area contributed by atoms with Crippen LogP contribution in [0.1, 0.15) is 16.1 Å². The van der Waals surface area contributed by atoms with E-state index in [9.17, 15) is 4.79 Å². The normalized spacial score (nSPS) is 10.5. The number of ether oxygens (including phenoxy) is 1. The highest BCUT2D eigenvalue weighted by Crippen LogP contribution is 2.19. The fraction of sp³-hybridized carbons (Fsp3) is 0.200. The minimum absolute atomic E-state index is 0.186. The molecular formula is C20H21N3O2. The Morgan fingerprint density at radius 2 is 1.84 bits per heavy atom. The number of hydrogen-bond donors (Lipinski definition) is 1. The predicted octanol–water partition coefficient (Wildman–Crippen LogP) is 3.24. The number of rotatable bonds is 5. The molecule has 25 heavy (non-hydrogen) atoms. The Balaban J connectivity index is 1.69. The van der Waals surface area contributed by atoms with Crippen molar-refractivity contribution >= 4 is 22.5 Å². The van der Waals surface area contributed by atoms with Crippen LogP contribution in [0.2, 0.25) is 0 Å². The predicted molar refractivity (Wildman–Crippen MR) is 100 cm³/mol. The van der Waals surface area contributed by atoms with Crippen molar-refractivity contribution in [3.05, 3.63) is 65.9 Å². The monoisotopic (exact) mass is 335 g/mol. The highest BCUT2D eigenvalue weighted by atomic mass is 16.5. The van der Waals surface area contributed by atoms with Gasteiger partial charge in [0, 0.05) is 31.7 Å². The van der Waals surface area contributed by atoms with E-state index in [0.29, 0.717) is 12.2 Å². The molecule has 1 N–H and O–H groups in total. The molecule has 0 spiro atoms. The molecule has 2 aromatic carbocycles. The number of methoxy groups -OCH3 is 1. The second-order valence-corrected chi connectivity index (χ2v) is 6.00. The first-order chi connectivity index (χ1) is 12.1. The molecule has 128 valence electrons. The van der Waals surface area contributed by atoms with Crippen LogP contribution in [0.15, 0.2) is 54.6 Å². The Kier molecular flexibility index (Phi) is 4.84. The molecule has 3 aromatic rings. The van der Waals surface area contributed by atoms with Crippen LogP contribution >= 0.6 is 0 Å². The molecule has 0 radical (unpaired) electrons. The second-order valence-electron chi connectivity index (χ2n) is 6.00. The van der Waals surface area contributed by atoms with Crippen LogP contribution in [0.25, 0.3) is 10.9 Å². The van der Waals surface area contributed by atoms with E-state index >= 15 is 0 Å². The fourth-order valence-corrected chi connectivity index (χ4v) is 2.54. The van der Waals surface area contributed by atoms with Crippen molar-refractivity contribution < 1.29 is 9.53 Å². The number of amides is 1. The summed E-state index contributed by atoms with van der Waals surface area (Å²) in [6.45, 7) is 0.467. The van der Waals surface area contributed by atoms with Crippen LogP contribution in [0.4, 0.5) is 5.69 Å². The summed E-state index contributed by atoms with van der Waals surface area (Å²) in [4.78, 5) is 18.8. The lowest BCUT2D eigenvalue weighted by Gasteiger charge is -2.13. The third-order valence-electron chi connectivity index (χ3n) is 4.03. The molecule has 0 aliphatic carbocycles. The summed E-state index contributed by atoms with van der Waals surface area (Å²) in [5.41, 5.74) is 3.34. The van der Waals surface area contributed by atoms with E-state index in [-0.39, 0.29) is 5.91 Å². The van der Waals surface area contributed by atoms with E-state index < -0.39 is 0 Å². The zero-order valence-corrected chi connectivity index (χ0v) is 14.6. The summed E-state index contributed by atoms with van der Waals surface area (Å²) in [6.07, 6.45) is 0. The van der Waals surface area contributed by atoms with Crippen LogP contribution in [0.3, 0.4) is 0 Å². The fourth-order valence-electron chi connectivity index (χ4n) is 2.54. The van der Waals surface area contributed by atoms with Gasteiger partial charge in [-0.2, -0.15) is 0 Å². The number of benzene rings is 2.